The van der Waals surface area contributed by atoms with Gasteiger partial charge in [0.1, 0.15) is 6.54 Å². The minimum Gasteiger partial charge on any atom is -0.489 e. The quantitative estimate of drug-likeness (QED) is 0.729. The average molecular weight is 255 g/mol. The van der Waals surface area contributed by atoms with E-state index in [2.05, 4.69) is 14.7 Å². The molecule has 0 unspecified atom stereocenters. The van der Waals surface area contributed by atoms with Crippen LogP contribution in [0.15, 0.2) is 11.1 Å². The number of ether oxygens (including phenoxy) is 2. The number of H-pyrrole nitrogens is 1. The second-order valence-electron chi connectivity index (χ2n) is 3.59. The van der Waals surface area contributed by atoms with E-state index in [1.54, 1.807) is 4.90 Å². The number of carbonyl (C=O) groups is 1. The van der Waals surface area contributed by atoms with Crippen molar-refractivity contribution in [2.75, 3.05) is 32.2 Å². The lowest BCUT2D eigenvalue weighted by Crippen LogP contribution is -2.33. The Labute approximate surface area is 105 Å². The molecule has 1 heterocycles. The SMILES string of the molecule is CCCN(CC(=O)OC)c1nc[nH]c(=O)c1OC. The number of rotatable bonds is 6. The molecule has 7 heteroatoms. The minimum absolute atomic E-state index is 0.0250. The van der Waals surface area contributed by atoms with Gasteiger partial charge < -0.3 is 19.4 Å². The maximum absolute atomic E-state index is 11.6. The van der Waals surface area contributed by atoms with Gasteiger partial charge in [-0.05, 0) is 6.42 Å². The lowest BCUT2D eigenvalue weighted by molar-refractivity contribution is -0.138. The van der Waals surface area contributed by atoms with Crippen molar-refractivity contribution >= 4 is 11.8 Å². The van der Waals surface area contributed by atoms with Gasteiger partial charge in [-0.15, -0.1) is 0 Å². The minimum atomic E-state index is -0.396. The standard InChI is InChI=1S/C11H17N3O4/c1-4-5-14(6-8(15)17-2)10-9(18-3)11(16)13-7-12-10/h7H,4-6H2,1-3H3,(H,12,13,16). The molecule has 0 fully saturated rings. The number of esters is 1. The molecule has 0 spiro atoms. The Morgan fingerprint density at radius 2 is 2.22 bits per heavy atom. The molecule has 7 nitrogen and oxygen atoms in total. The summed E-state index contributed by atoms with van der Waals surface area (Å²) in [5, 5.41) is 0. The van der Waals surface area contributed by atoms with E-state index < -0.39 is 5.97 Å². The molecule has 0 atom stereocenters. The molecule has 0 saturated carbocycles. The van der Waals surface area contributed by atoms with Crippen molar-refractivity contribution in [3.8, 4) is 5.75 Å². The van der Waals surface area contributed by atoms with Crippen LogP contribution in [0.3, 0.4) is 0 Å². The highest BCUT2D eigenvalue weighted by Crippen LogP contribution is 2.20. The van der Waals surface area contributed by atoms with Gasteiger partial charge in [-0.25, -0.2) is 4.98 Å². The number of hydrogen-bond donors (Lipinski definition) is 1. The number of nitrogens with one attached hydrogen (secondary N) is 1. The van der Waals surface area contributed by atoms with E-state index in [9.17, 15) is 9.59 Å². The van der Waals surface area contributed by atoms with Crippen LogP contribution < -0.4 is 15.2 Å². The molecule has 1 rings (SSSR count). The van der Waals surface area contributed by atoms with Crippen LogP contribution in [0.2, 0.25) is 0 Å². The molecule has 0 amide bonds. The largest absolute Gasteiger partial charge is 0.489 e. The van der Waals surface area contributed by atoms with Crippen LogP contribution in [-0.2, 0) is 9.53 Å². The molecule has 0 radical (unpaired) electrons. The number of carbonyl (C=O) groups excluding carboxylic acids is 1. The average Bonchev–Trinajstić information content (AvgIpc) is 2.37. The van der Waals surface area contributed by atoms with Crippen LogP contribution in [0.4, 0.5) is 5.82 Å². The molecular formula is C11H17N3O4. The number of aromatic amines is 1. The van der Waals surface area contributed by atoms with Crippen molar-refractivity contribution in [3.63, 3.8) is 0 Å². The number of methoxy groups -OCH3 is 2. The summed E-state index contributed by atoms with van der Waals surface area (Å²) in [7, 11) is 2.70. The molecular weight excluding hydrogens is 238 g/mol. The molecule has 0 aliphatic rings. The van der Waals surface area contributed by atoms with Gasteiger partial charge in [0.25, 0.3) is 5.56 Å². The maximum Gasteiger partial charge on any atom is 0.325 e. The highest BCUT2D eigenvalue weighted by Gasteiger charge is 2.18. The van der Waals surface area contributed by atoms with Crippen LogP contribution >= 0.6 is 0 Å². The van der Waals surface area contributed by atoms with E-state index in [0.717, 1.165) is 6.42 Å². The van der Waals surface area contributed by atoms with Gasteiger partial charge in [0.2, 0.25) is 5.75 Å². The van der Waals surface area contributed by atoms with E-state index in [1.807, 2.05) is 6.92 Å². The Bertz CT molecular complexity index is 458. The van der Waals surface area contributed by atoms with Crippen molar-refractivity contribution in [2.24, 2.45) is 0 Å². The summed E-state index contributed by atoms with van der Waals surface area (Å²) < 4.78 is 9.64. The smallest absolute Gasteiger partial charge is 0.325 e. The summed E-state index contributed by atoms with van der Waals surface area (Å²) in [5.74, 6) is 0.0379. The monoisotopic (exact) mass is 255 g/mol. The molecule has 1 aromatic heterocycles. The first-order valence-electron chi connectivity index (χ1n) is 5.57. The predicted molar refractivity (Wildman–Crippen MR) is 65.9 cm³/mol. The van der Waals surface area contributed by atoms with Gasteiger partial charge in [-0.3, -0.25) is 9.59 Å². The Hall–Kier alpha value is -2.05. The third-order valence-electron chi connectivity index (χ3n) is 2.34. The summed E-state index contributed by atoms with van der Waals surface area (Å²) in [6.45, 7) is 2.56. The molecule has 0 aliphatic heterocycles. The summed E-state index contributed by atoms with van der Waals surface area (Å²) in [6.07, 6.45) is 2.08. The molecule has 1 N–H and O–H groups in total. The zero-order valence-electron chi connectivity index (χ0n) is 10.7. The van der Waals surface area contributed by atoms with E-state index in [-0.39, 0.29) is 17.9 Å². The van der Waals surface area contributed by atoms with Crippen LogP contribution in [0.1, 0.15) is 13.3 Å². The second-order valence-corrected chi connectivity index (χ2v) is 3.59. The molecule has 18 heavy (non-hydrogen) atoms. The van der Waals surface area contributed by atoms with E-state index >= 15 is 0 Å². The summed E-state index contributed by atoms with van der Waals surface area (Å²) in [5.41, 5.74) is -0.381. The number of hydrogen-bond acceptors (Lipinski definition) is 6. The third-order valence-corrected chi connectivity index (χ3v) is 2.34. The Morgan fingerprint density at radius 3 is 2.78 bits per heavy atom. The highest BCUT2D eigenvalue weighted by atomic mass is 16.5. The zero-order valence-corrected chi connectivity index (χ0v) is 10.7. The van der Waals surface area contributed by atoms with Crippen molar-refractivity contribution in [2.45, 2.75) is 13.3 Å². The zero-order chi connectivity index (χ0) is 13.5. The predicted octanol–water partition coefficient (Wildman–Crippen LogP) is 0.168. The molecule has 1 aromatic rings. The first kappa shape index (κ1) is 14.0. The van der Waals surface area contributed by atoms with Gasteiger partial charge in [0.15, 0.2) is 5.82 Å². The normalized spacial score (nSPS) is 9.94. The van der Waals surface area contributed by atoms with Crippen molar-refractivity contribution in [1.82, 2.24) is 9.97 Å². The fourth-order valence-electron chi connectivity index (χ4n) is 1.54. The van der Waals surface area contributed by atoms with Gasteiger partial charge >= 0.3 is 5.97 Å². The maximum atomic E-state index is 11.6. The Kier molecular flexibility index (Phi) is 5.16. The van der Waals surface area contributed by atoms with Crippen LogP contribution in [0, 0.1) is 0 Å². The van der Waals surface area contributed by atoms with Crippen LogP contribution in [0.5, 0.6) is 5.75 Å². The number of nitrogens with zero attached hydrogens (tertiary/aromatic N) is 2. The molecule has 0 aliphatic carbocycles. The number of anilines is 1. The van der Waals surface area contributed by atoms with Crippen molar-refractivity contribution < 1.29 is 14.3 Å². The highest BCUT2D eigenvalue weighted by molar-refractivity contribution is 5.75. The van der Waals surface area contributed by atoms with E-state index in [0.29, 0.717) is 12.4 Å². The second kappa shape index (κ2) is 6.63. The van der Waals surface area contributed by atoms with Crippen molar-refractivity contribution in [1.29, 1.82) is 0 Å². The van der Waals surface area contributed by atoms with E-state index in [1.165, 1.54) is 20.5 Å². The van der Waals surface area contributed by atoms with Gasteiger partial charge in [0, 0.05) is 6.54 Å². The number of aromatic nitrogens is 2. The fraction of sp³-hybridized carbons (Fsp3) is 0.545. The summed E-state index contributed by atoms with van der Waals surface area (Å²) >= 11 is 0. The molecule has 0 saturated heterocycles. The van der Waals surface area contributed by atoms with Gasteiger partial charge in [-0.1, -0.05) is 6.92 Å². The Balaban J connectivity index is 3.08. The van der Waals surface area contributed by atoms with Crippen LogP contribution in [0.25, 0.3) is 0 Å². The van der Waals surface area contributed by atoms with E-state index in [4.69, 9.17) is 4.74 Å². The summed E-state index contributed by atoms with van der Waals surface area (Å²) in [6, 6.07) is 0. The van der Waals surface area contributed by atoms with Crippen molar-refractivity contribution in [3.05, 3.63) is 16.7 Å². The lowest BCUT2D eigenvalue weighted by Gasteiger charge is -2.22. The molecule has 100 valence electrons. The van der Waals surface area contributed by atoms with Crippen LogP contribution in [-0.4, -0.2) is 43.2 Å². The topological polar surface area (TPSA) is 84.5 Å². The van der Waals surface area contributed by atoms with Gasteiger partial charge in [0.05, 0.1) is 20.5 Å². The Morgan fingerprint density at radius 1 is 1.50 bits per heavy atom. The summed E-state index contributed by atoms with van der Waals surface area (Å²) in [4.78, 5) is 31.0. The first-order valence-corrected chi connectivity index (χ1v) is 5.57. The fourth-order valence-corrected chi connectivity index (χ4v) is 1.54. The molecule has 0 aromatic carbocycles. The first-order chi connectivity index (χ1) is 8.63. The lowest BCUT2D eigenvalue weighted by atomic mass is 10.3. The molecule has 0 bridgehead atoms. The third kappa shape index (κ3) is 3.22. The van der Waals surface area contributed by atoms with Gasteiger partial charge in [-0.2, -0.15) is 0 Å².